The molecule has 2 aromatic carbocycles. The van der Waals surface area contributed by atoms with Gasteiger partial charge >= 0.3 is 0 Å². The lowest BCUT2D eigenvalue weighted by Crippen LogP contribution is -2.05. The molecule has 0 fully saturated rings. The van der Waals surface area contributed by atoms with Gasteiger partial charge in [0.15, 0.2) is 0 Å². The van der Waals surface area contributed by atoms with Crippen LogP contribution in [0.4, 0.5) is 0 Å². The number of carbonyl (C=O) groups is 2. The maximum Gasteiger partial charge on any atom is 0.137 e. The molecule has 0 saturated carbocycles. The van der Waals surface area contributed by atoms with E-state index in [2.05, 4.69) is 0 Å². The van der Waals surface area contributed by atoms with Gasteiger partial charge < -0.3 is 4.74 Å². The van der Waals surface area contributed by atoms with Gasteiger partial charge in [0.05, 0.1) is 7.11 Å². The Morgan fingerprint density at radius 3 is 2.08 bits per heavy atom. The lowest BCUT2D eigenvalue weighted by Gasteiger charge is -2.07. The SMILES string of the molecule is COc1ccccc1CC(=O)CCCCCC(=O)Cc1ccc(C)cc1. The van der Waals surface area contributed by atoms with Crippen LogP contribution >= 0.6 is 0 Å². The quantitative estimate of drug-likeness (QED) is 0.542. The van der Waals surface area contributed by atoms with Crippen molar-refractivity contribution >= 4 is 11.6 Å². The average Bonchev–Trinajstić information content (AvgIpc) is 2.64. The Labute approximate surface area is 156 Å². The lowest BCUT2D eigenvalue weighted by atomic mass is 10.0. The summed E-state index contributed by atoms with van der Waals surface area (Å²) in [6.45, 7) is 2.04. The number of hydrogen-bond acceptors (Lipinski definition) is 3. The van der Waals surface area contributed by atoms with Crippen LogP contribution in [0.5, 0.6) is 5.75 Å². The number of aryl methyl sites for hydroxylation is 1. The molecule has 0 unspecified atom stereocenters. The third kappa shape index (κ3) is 6.83. The van der Waals surface area contributed by atoms with E-state index in [4.69, 9.17) is 4.74 Å². The summed E-state index contributed by atoms with van der Waals surface area (Å²) in [6, 6.07) is 15.7. The van der Waals surface area contributed by atoms with Gasteiger partial charge in [-0.15, -0.1) is 0 Å². The first-order chi connectivity index (χ1) is 12.6. The Hall–Kier alpha value is -2.42. The molecule has 3 nitrogen and oxygen atoms in total. The fraction of sp³-hybridized carbons (Fsp3) is 0.391. The number of rotatable bonds is 11. The summed E-state index contributed by atoms with van der Waals surface area (Å²) in [5.74, 6) is 1.26. The molecule has 0 heterocycles. The number of methoxy groups -OCH3 is 1. The van der Waals surface area contributed by atoms with Crippen molar-refractivity contribution in [3.8, 4) is 5.75 Å². The van der Waals surface area contributed by atoms with Gasteiger partial charge in [-0.1, -0.05) is 54.4 Å². The molecule has 26 heavy (non-hydrogen) atoms. The smallest absolute Gasteiger partial charge is 0.137 e. The number of carbonyl (C=O) groups excluding carboxylic acids is 2. The predicted octanol–water partition coefficient (Wildman–Crippen LogP) is 4.88. The van der Waals surface area contributed by atoms with Gasteiger partial charge in [0, 0.05) is 31.2 Å². The Bertz CT molecular complexity index is 716. The van der Waals surface area contributed by atoms with E-state index in [-0.39, 0.29) is 11.6 Å². The number of ketones is 2. The van der Waals surface area contributed by atoms with E-state index in [1.54, 1.807) is 7.11 Å². The van der Waals surface area contributed by atoms with Crippen molar-refractivity contribution in [2.45, 2.75) is 51.9 Å². The van der Waals surface area contributed by atoms with Gasteiger partial charge in [0.1, 0.15) is 17.3 Å². The first kappa shape index (κ1) is 19.9. The third-order valence-corrected chi connectivity index (χ3v) is 4.51. The number of unbranched alkanes of at least 4 members (excludes halogenated alkanes) is 2. The topological polar surface area (TPSA) is 43.4 Å². The maximum atomic E-state index is 12.1. The summed E-state index contributed by atoms with van der Waals surface area (Å²) in [5.41, 5.74) is 3.22. The highest BCUT2D eigenvalue weighted by Gasteiger charge is 2.09. The first-order valence-corrected chi connectivity index (χ1v) is 9.29. The fourth-order valence-electron chi connectivity index (χ4n) is 2.99. The summed E-state index contributed by atoms with van der Waals surface area (Å²) >= 11 is 0. The molecule has 0 amide bonds. The average molecular weight is 352 g/mol. The Balaban J connectivity index is 1.61. The number of Topliss-reactive ketones (excluding diaryl/α,β-unsaturated/α-hetero) is 2. The van der Waals surface area contributed by atoms with Crippen molar-refractivity contribution in [3.63, 3.8) is 0 Å². The van der Waals surface area contributed by atoms with Crippen molar-refractivity contribution in [1.82, 2.24) is 0 Å². The molecule has 0 atom stereocenters. The van der Waals surface area contributed by atoms with E-state index < -0.39 is 0 Å². The van der Waals surface area contributed by atoms with E-state index in [1.807, 2.05) is 55.5 Å². The van der Waals surface area contributed by atoms with Crippen molar-refractivity contribution in [3.05, 3.63) is 65.2 Å². The highest BCUT2D eigenvalue weighted by molar-refractivity contribution is 5.81. The Kier molecular flexibility index (Phi) is 8.07. The van der Waals surface area contributed by atoms with E-state index in [1.165, 1.54) is 5.56 Å². The molecule has 2 rings (SSSR count). The number of benzene rings is 2. The number of para-hydroxylation sites is 1. The van der Waals surface area contributed by atoms with Gasteiger partial charge in [-0.3, -0.25) is 9.59 Å². The summed E-state index contributed by atoms with van der Waals surface area (Å²) in [7, 11) is 1.62. The summed E-state index contributed by atoms with van der Waals surface area (Å²) in [4.78, 5) is 24.1. The van der Waals surface area contributed by atoms with Crippen molar-refractivity contribution in [1.29, 1.82) is 0 Å². The van der Waals surface area contributed by atoms with Crippen molar-refractivity contribution in [2.75, 3.05) is 7.11 Å². The second-order valence-electron chi connectivity index (χ2n) is 6.79. The first-order valence-electron chi connectivity index (χ1n) is 9.29. The molecular weight excluding hydrogens is 324 g/mol. The number of hydrogen-bond donors (Lipinski definition) is 0. The third-order valence-electron chi connectivity index (χ3n) is 4.51. The maximum absolute atomic E-state index is 12.1. The molecule has 0 N–H and O–H groups in total. The zero-order valence-electron chi connectivity index (χ0n) is 15.8. The standard InChI is InChI=1S/C23H28O3/c1-18-12-14-19(15-13-18)16-21(24)9-4-3-5-10-22(25)17-20-8-6-7-11-23(20)26-2/h6-8,11-15H,3-5,9-10,16-17H2,1-2H3. The highest BCUT2D eigenvalue weighted by Crippen LogP contribution is 2.19. The van der Waals surface area contributed by atoms with Crippen LogP contribution in [0.25, 0.3) is 0 Å². The van der Waals surface area contributed by atoms with Gasteiger partial charge in [0.2, 0.25) is 0 Å². The molecule has 0 aromatic heterocycles. The van der Waals surface area contributed by atoms with E-state index in [0.29, 0.717) is 25.7 Å². The molecule has 2 aromatic rings. The van der Waals surface area contributed by atoms with Crippen LogP contribution < -0.4 is 4.74 Å². The molecule has 3 heteroatoms. The number of ether oxygens (including phenoxy) is 1. The monoisotopic (exact) mass is 352 g/mol. The molecule has 138 valence electrons. The van der Waals surface area contributed by atoms with E-state index >= 15 is 0 Å². The highest BCUT2D eigenvalue weighted by atomic mass is 16.5. The zero-order valence-corrected chi connectivity index (χ0v) is 15.8. The Morgan fingerprint density at radius 2 is 1.42 bits per heavy atom. The molecule has 0 aliphatic rings. The Morgan fingerprint density at radius 1 is 0.808 bits per heavy atom. The minimum atomic E-state index is 0.223. The molecule has 0 spiro atoms. The van der Waals surface area contributed by atoms with Gasteiger partial charge in [-0.2, -0.15) is 0 Å². The second-order valence-corrected chi connectivity index (χ2v) is 6.79. The van der Waals surface area contributed by atoms with E-state index in [0.717, 1.165) is 36.1 Å². The van der Waals surface area contributed by atoms with Crippen LogP contribution in [0.1, 0.15) is 48.8 Å². The van der Waals surface area contributed by atoms with Crippen molar-refractivity contribution < 1.29 is 14.3 Å². The van der Waals surface area contributed by atoms with Crippen LogP contribution in [0, 0.1) is 6.92 Å². The van der Waals surface area contributed by atoms with Crippen LogP contribution in [0.2, 0.25) is 0 Å². The molecular formula is C23H28O3. The van der Waals surface area contributed by atoms with Gasteiger partial charge in [-0.05, 0) is 31.4 Å². The van der Waals surface area contributed by atoms with Crippen LogP contribution in [-0.2, 0) is 22.4 Å². The molecule has 0 saturated heterocycles. The lowest BCUT2D eigenvalue weighted by molar-refractivity contribution is -0.118. The van der Waals surface area contributed by atoms with E-state index in [9.17, 15) is 9.59 Å². The molecule has 0 radical (unpaired) electrons. The molecule has 0 aliphatic carbocycles. The van der Waals surface area contributed by atoms with Crippen molar-refractivity contribution in [2.24, 2.45) is 0 Å². The minimum Gasteiger partial charge on any atom is -0.496 e. The summed E-state index contributed by atoms with van der Waals surface area (Å²) in [6.07, 6.45) is 4.68. The zero-order chi connectivity index (χ0) is 18.8. The van der Waals surface area contributed by atoms with Crippen LogP contribution in [0.15, 0.2) is 48.5 Å². The normalized spacial score (nSPS) is 10.5. The fourth-order valence-corrected chi connectivity index (χ4v) is 2.99. The summed E-state index contributed by atoms with van der Waals surface area (Å²) < 4.78 is 5.28. The van der Waals surface area contributed by atoms with Crippen LogP contribution in [0.3, 0.4) is 0 Å². The van der Waals surface area contributed by atoms with Gasteiger partial charge in [-0.25, -0.2) is 0 Å². The predicted molar refractivity (Wildman–Crippen MR) is 105 cm³/mol. The second kappa shape index (κ2) is 10.5. The summed E-state index contributed by atoms with van der Waals surface area (Å²) in [5, 5.41) is 0. The largest absolute Gasteiger partial charge is 0.496 e. The van der Waals surface area contributed by atoms with Crippen LogP contribution in [-0.4, -0.2) is 18.7 Å². The minimum absolute atomic E-state index is 0.223. The molecule has 0 aliphatic heterocycles. The van der Waals surface area contributed by atoms with Gasteiger partial charge in [0.25, 0.3) is 0 Å². The molecule has 0 bridgehead atoms.